The first-order chi connectivity index (χ1) is 13.3. The van der Waals surface area contributed by atoms with Gasteiger partial charge in [0.15, 0.2) is 11.5 Å². The zero-order valence-corrected chi connectivity index (χ0v) is 17.1. The topological polar surface area (TPSA) is 77.1 Å². The molecule has 7 nitrogen and oxygen atoms in total. The third kappa shape index (κ3) is 4.54. The van der Waals surface area contributed by atoms with Gasteiger partial charge in [-0.2, -0.15) is 0 Å². The summed E-state index contributed by atoms with van der Waals surface area (Å²) in [6.45, 7) is 3.74. The molecule has 2 aromatic rings. The van der Waals surface area contributed by atoms with Gasteiger partial charge in [0.25, 0.3) is 5.91 Å². The normalized spacial score (nSPS) is 10.2. The van der Waals surface area contributed by atoms with Gasteiger partial charge in [-0.1, -0.05) is 18.2 Å². The van der Waals surface area contributed by atoms with Crippen molar-refractivity contribution < 1.29 is 23.8 Å². The van der Waals surface area contributed by atoms with E-state index in [9.17, 15) is 9.59 Å². The predicted molar refractivity (Wildman–Crippen MR) is 108 cm³/mol. The zero-order valence-electron chi connectivity index (χ0n) is 17.1. The Morgan fingerprint density at radius 2 is 1.46 bits per heavy atom. The van der Waals surface area contributed by atoms with Crippen molar-refractivity contribution in [1.82, 2.24) is 4.90 Å². The van der Waals surface area contributed by atoms with Crippen molar-refractivity contribution in [2.75, 3.05) is 40.2 Å². The highest BCUT2D eigenvalue weighted by atomic mass is 16.5. The van der Waals surface area contributed by atoms with E-state index in [0.29, 0.717) is 17.2 Å². The minimum Gasteiger partial charge on any atom is -0.496 e. The van der Waals surface area contributed by atoms with Crippen LogP contribution in [0.4, 0.5) is 5.69 Å². The number of hydrogen-bond donors (Lipinski definition) is 1. The molecule has 0 saturated heterocycles. The van der Waals surface area contributed by atoms with Crippen LogP contribution in [0.2, 0.25) is 0 Å². The number of nitrogens with zero attached hydrogens (tertiary/aromatic N) is 1. The summed E-state index contributed by atoms with van der Waals surface area (Å²) in [5, 5.41) is 2.88. The van der Waals surface area contributed by atoms with Crippen LogP contribution in [0.3, 0.4) is 0 Å². The van der Waals surface area contributed by atoms with Crippen LogP contribution in [-0.4, -0.2) is 51.6 Å². The van der Waals surface area contributed by atoms with E-state index in [-0.39, 0.29) is 23.9 Å². The SMILES string of the molecule is COc1cc(OC)c(C(=O)N(C)CC(=O)Nc2c(C)cccc2C)cc1OC. The molecule has 1 N–H and O–H groups in total. The van der Waals surface area contributed by atoms with Gasteiger partial charge in [0.1, 0.15) is 5.75 Å². The smallest absolute Gasteiger partial charge is 0.257 e. The second-order valence-electron chi connectivity index (χ2n) is 6.38. The molecule has 0 radical (unpaired) electrons. The lowest BCUT2D eigenvalue weighted by atomic mass is 10.1. The third-order valence-corrected chi connectivity index (χ3v) is 4.41. The maximum atomic E-state index is 12.9. The Kier molecular flexibility index (Phi) is 6.87. The Balaban J connectivity index is 2.19. The second-order valence-corrected chi connectivity index (χ2v) is 6.38. The summed E-state index contributed by atoms with van der Waals surface area (Å²) in [5.74, 6) is 0.540. The molecule has 28 heavy (non-hydrogen) atoms. The molecule has 0 heterocycles. The van der Waals surface area contributed by atoms with Crippen LogP contribution in [0.1, 0.15) is 21.5 Å². The number of carbonyl (C=O) groups is 2. The summed E-state index contributed by atoms with van der Waals surface area (Å²) >= 11 is 0. The quantitative estimate of drug-likeness (QED) is 0.791. The van der Waals surface area contributed by atoms with Gasteiger partial charge in [-0.3, -0.25) is 9.59 Å². The molecule has 2 aromatic carbocycles. The molecule has 0 bridgehead atoms. The highest BCUT2D eigenvalue weighted by Gasteiger charge is 2.22. The Morgan fingerprint density at radius 1 is 0.929 bits per heavy atom. The van der Waals surface area contributed by atoms with E-state index in [2.05, 4.69) is 5.32 Å². The number of anilines is 1. The standard InChI is InChI=1S/C21H26N2O5/c1-13-8-7-9-14(2)20(13)22-19(24)12-23(3)21(25)15-10-17(27-5)18(28-6)11-16(15)26-4/h7-11H,12H2,1-6H3,(H,22,24). The van der Waals surface area contributed by atoms with Crippen molar-refractivity contribution in [2.45, 2.75) is 13.8 Å². The van der Waals surface area contributed by atoms with E-state index in [1.54, 1.807) is 19.2 Å². The van der Waals surface area contributed by atoms with Gasteiger partial charge < -0.3 is 24.4 Å². The summed E-state index contributed by atoms with van der Waals surface area (Å²) < 4.78 is 15.8. The molecule has 2 rings (SSSR count). The molecule has 2 amide bonds. The first-order valence-corrected chi connectivity index (χ1v) is 8.73. The number of ether oxygens (including phenoxy) is 3. The lowest BCUT2D eigenvalue weighted by Crippen LogP contribution is -2.35. The molecule has 0 atom stereocenters. The number of likely N-dealkylation sites (N-methyl/N-ethyl adjacent to an activating group) is 1. The van der Waals surface area contributed by atoms with Gasteiger partial charge in [0.2, 0.25) is 5.91 Å². The molecule has 7 heteroatoms. The van der Waals surface area contributed by atoms with Crippen molar-refractivity contribution in [3.05, 3.63) is 47.0 Å². The Bertz CT molecular complexity index is 859. The lowest BCUT2D eigenvalue weighted by Gasteiger charge is -2.20. The average molecular weight is 386 g/mol. The van der Waals surface area contributed by atoms with Crippen LogP contribution in [0.5, 0.6) is 17.2 Å². The van der Waals surface area contributed by atoms with E-state index >= 15 is 0 Å². The number of rotatable bonds is 7. The molecular weight excluding hydrogens is 360 g/mol. The summed E-state index contributed by atoms with van der Waals surface area (Å²) in [6, 6.07) is 8.90. The molecule has 0 aliphatic heterocycles. The summed E-state index contributed by atoms with van der Waals surface area (Å²) in [7, 11) is 6.01. The number of amides is 2. The molecule has 0 aliphatic rings. The molecule has 0 aliphatic carbocycles. The van der Waals surface area contributed by atoms with Crippen molar-refractivity contribution in [1.29, 1.82) is 0 Å². The van der Waals surface area contributed by atoms with Crippen LogP contribution >= 0.6 is 0 Å². The van der Waals surface area contributed by atoms with E-state index in [0.717, 1.165) is 16.8 Å². The van der Waals surface area contributed by atoms with Gasteiger partial charge in [-0.15, -0.1) is 0 Å². The van der Waals surface area contributed by atoms with E-state index in [1.165, 1.54) is 26.2 Å². The predicted octanol–water partition coefficient (Wildman–Crippen LogP) is 3.04. The number of benzene rings is 2. The second kappa shape index (κ2) is 9.12. The molecule has 0 aromatic heterocycles. The largest absolute Gasteiger partial charge is 0.496 e. The lowest BCUT2D eigenvalue weighted by molar-refractivity contribution is -0.116. The van der Waals surface area contributed by atoms with Crippen molar-refractivity contribution in [3.8, 4) is 17.2 Å². The number of para-hydroxylation sites is 1. The summed E-state index contributed by atoms with van der Waals surface area (Å²) in [6.07, 6.45) is 0. The molecular formula is C21H26N2O5. The van der Waals surface area contributed by atoms with Gasteiger partial charge in [0.05, 0.1) is 33.4 Å². The van der Waals surface area contributed by atoms with Crippen molar-refractivity contribution in [2.24, 2.45) is 0 Å². The number of carbonyl (C=O) groups excluding carboxylic acids is 2. The maximum absolute atomic E-state index is 12.9. The first kappa shape index (κ1) is 21.1. The van der Waals surface area contributed by atoms with Crippen LogP contribution in [-0.2, 0) is 4.79 Å². The van der Waals surface area contributed by atoms with Gasteiger partial charge in [-0.25, -0.2) is 0 Å². The van der Waals surface area contributed by atoms with Gasteiger partial charge >= 0.3 is 0 Å². The number of aryl methyl sites for hydroxylation is 2. The fourth-order valence-electron chi connectivity index (χ4n) is 2.88. The van der Waals surface area contributed by atoms with Crippen molar-refractivity contribution in [3.63, 3.8) is 0 Å². The minimum absolute atomic E-state index is 0.107. The summed E-state index contributed by atoms with van der Waals surface area (Å²) in [5.41, 5.74) is 2.97. The van der Waals surface area contributed by atoms with E-state index in [4.69, 9.17) is 14.2 Å². The van der Waals surface area contributed by atoms with E-state index < -0.39 is 0 Å². The van der Waals surface area contributed by atoms with Crippen LogP contribution < -0.4 is 19.5 Å². The molecule has 0 saturated carbocycles. The maximum Gasteiger partial charge on any atom is 0.257 e. The Labute approximate surface area is 165 Å². The van der Waals surface area contributed by atoms with E-state index in [1.807, 2.05) is 32.0 Å². The number of nitrogens with one attached hydrogen (secondary N) is 1. The van der Waals surface area contributed by atoms with Gasteiger partial charge in [-0.05, 0) is 25.0 Å². The highest BCUT2D eigenvalue weighted by molar-refractivity contribution is 6.01. The highest BCUT2D eigenvalue weighted by Crippen LogP contribution is 2.35. The number of methoxy groups -OCH3 is 3. The monoisotopic (exact) mass is 386 g/mol. The third-order valence-electron chi connectivity index (χ3n) is 4.41. The van der Waals surface area contributed by atoms with Crippen LogP contribution in [0.25, 0.3) is 0 Å². The first-order valence-electron chi connectivity index (χ1n) is 8.73. The minimum atomic E-state index is -0.366. The molecule has 0 unspecified atom stereocenters. The summed E-state index contributed by atoms with van der Waals surface area (Å²) in [4.78, 5) is 26.7. The van der Waals surface area contributed by atoms with Gasteiger partial charge in [0, 0.05) is 24.9 Å². The fourth-order valence-corrected chi connectivity index (χ4v) is 2.88. The molecule has 0 spiro atoms. The fraction of sp³-hybridized carbons (Fsp3) is 0.333. The molecule has 150 valence electrons. The zero-order chi connectivity index (χ0) is 20.8. The Morgan fingerprint density at radius 3 is 2.00 bits per heavy atom. The average Bonchev–Trinajstić information content (AvgIpc) is 2.69. The van der Waals surface area contributed by atoms with Crippen LogP contribution in [0.15, 0.2) is 30.3 Å². The molecule has 0 fully saturated rings. The Hall–Kier alpha value is -3.22. The van der Waals surface area contributed by atoms with Crippen molar-refractivity contribution >= 4 is 17.5 Å². The number of hydrogen-bond acceptors (Lipinski definition) is 5. The van der Waals surface area contributed by atoms with Crippen LogP contribution in [0, 0.1) is 13.8 Å².